The number of benzene rings is 1. The zero-order valence-corrected chi connectivity index (χ0v) is 10.7. The Morgan fingerprint density at radius 1 is 1.29 bits per heavy atom. The summed E-state index contributed by atoms with van der Waals surface area (Å²) in [6, 6.07) is 8.17. The quantitative estimate of drug-likeness (QED) is 0.455. The van der Waals surface area contributed by atoms with E-state index in [0.29, 0.717) is 0 Å². The first-order chi connectivity index (χ1) is 6.14. The van der Waals surface area contributed by atoms with Gasteiger partial charge in [-0.05, 0) is 12.1 Å². The number of aliphatic hydroxyl groups excluding tert-OH is 1. The third kappa shape index (κ3) is 4.97. The summed E-state index contributed by atoms with van der Waals surface area (Å²) in [5, 5.41) is 8.42. The van der Waals surface area contributed by atoms with Crippen molar-refractivity contribution in [2.45, 2.75) is 0 Å². The van der Waals surface area contributed by atoms with E-state index in [2.05, 4.69) is 4.18 Å². The zero-order chi connectivity index (χ0) is 9.73. The van der Waals surface area contributed by atoms with E-state index in [4.69, 9.17) is 5.11 Å². The molecule has 1 aromatic carbocycles. The maximum Gasteiger partial charge on any atom is 1.00 e. The zero-order valence-electron chi connectivity index (χ0n) is 8.88. The smallest absolute Gasteiger partial charge is 1.00 e. The van der Waals surface area contributed by atoms with Crippen molar-refractivity contribution < 1.29 is 48.7 Å². The van der Waals surface area contributed by atoms with Gasteiger partial charge in [0.05, 0.1) is 6.61 Å². The molecule has 0 amide bonds. The summed E-state index contributed by atoms with van der Waals surface area (Å²) in [6.07, 6.45) is 0. The van der Waals surface area contributed by atoms with Gasteiger partial charge in [0.25, 0.3) is 0 Å². The van der Waals surface area contributed by atoms with Gasteiger partial charge in [0.15, 0.2) is 0 Å². The van der Waals surface area contributed by atoms with Gasteiger partial charge < -0.3 is 10.7 Å². The molecule has 14 heavy (non-hydrogen) atoms. The van der Waals surface area contributed by atoms with Gasteiger partial charge in [-0.15, -0.1) is 0 Å². The Balaban J connectivity index is 0. The second-order valence-corrected chi connectivity index (χ2v) is 4.07. The van der Waals surface area contributed by atoms with E-state index in [1.807, 2.05) is 0 Å². The van der Waals surface area contributed by atoms with Crippen LogP contribution in [0.1, 0.15) is 1.43 Å². The number of hydrogen-bond acceptors (Lipinski definition) is 4. The van der Waals surface area contributed by atoms with Crippen LogP contribution in [0.3, 0.4) is 0 Å². The fraction of sp³-hybridized carbons (Fsp3) is 0.250. The molecule has 0 bridgehead atoms. The van der Waals surface area contributed by atoms with Gasteiger partial charge in [-0.2, -0.15) is 8.42 Å². The third-order valence-electron chi connectivity index (χ3n) is 1.31. The Morgan fingerprint density at radius 2 is 1.86 bits per heavy atom. The molecule has 0 fully saturated rings. The van der Waals surface area contributed by atoms with Crippen LogP contribution < -0.4 is 33.7 Å². The van der Waals surface area contributed by atoms with Crippen molar-refractivity contribution in [3.8, 4) is 5.75 Å². The van der Waals surface area contributed by atoms with Gasteiger partial charge in [-0.25, -0.2) is 0 Å². The topological polar surface area (TPSA) is 63.6 Å². The molecule has 0 aliphatic rings. The Hall–Kier alpha value is -0.0700. The van der Waals surface area contributed by atoms with Gasteiger partial charge >= 0.3 is 39.7 Å². The van der Waals surface area contributed by atoms with E-state index < -0.39 is 16.7 Å². The van der Waals surface area contributed by atoms with Crippen LogP contribution in [0, 0.1) is 0 Å². The molecule has 0 spiro atoms. The summed E-state index contributed by atoms with van der Waals surface area (Å²) < 4.78 is 26.7. The first kappa shape index (κ1) is 13.9. The maximum absolute atomic E-state index is 11.0. The molecule has 1 N–H and O–H groups in total. The van der Waals surface area contributed by atoms with Crippen LogP contribution in [-0.4, -0.2) is 25.9 Å². The van der Waals surface area contributed by atoms with Crippen molar-refractivity contribution in [2.75, 3.05) is 12.4 Å². The summed E-state index contributed by atoms with van der Waals surface area (Å²) in [4.78, 5) is 0. The molecule has 4 nitrogen and oxygen atoms in total. The Labute approximate surface area is 107 Å². The Bertz CT molecular complexity index is 354. The molecule has 0 saturated heterocycles. The van der Waals surface area contributed by atoms with E-state index in [9.17, 15) is 8.42 Å². The molecule has 0 radical (unpaired) electrons. The summed E-state index contributed by atoms with van der Waals surface area (Å²) in [5.74, 6) is -0.127. The number of rotatable bonds is 4. The normalized spacial score (nSPS) is 10.4. The van der Waals surface area contributed by atoms with Crippen molar-refractivity contribution in [3.63, 3.8) is 0 Å². The number of hydrogen-bond donors (Lipinski definition) is 1. The average Bonchev–Trinajstić information content (AvgIpc) is 2.04. The molecule has 0 heterocycles. The molecule has 0 aliphatic carbocycles. The van der Waals surface area contributed by atoms with Gasteiger partial charge in [0.1, 0.15) is 11.5 Å². The largest absolute Gasteiger partial charge is 1.00 e. The molecule has 0 unspecified atom stereocenters. The SMILES string of the molecule is O=S(=O)(CCO)Oc1ccccc1.[H-].[Na+]. The molecule has 0 atom stereocenters. The van der Waals surface area contributed by atoms with E-state index in [1.54, 1.807) is 18.2 Å². The van der Waals surface area contributed by atoms with Gasteiger partial charge in [-0.1, -0.05) is 18.2 Å². The van der Waals surface area contributed by atoms with E-state index in [1.165, 1.54) is 12.1 Å². The second kappa shape index (κ2) is 6.42. The fourth-order valence-electron chi connectivity index (χ4n) is 0.776. The van der Waals surface area contributed by atoms with Crippen LogP contribution in [0.25, 0.3) is 0 Å². The first-order valence-electron chi connectivity index (χ1n) is 3.72. The number of para-hydroxylation sites is 1. The molecular weight excluding hydrogens is 215 g/mol. The van der Waals surface area contributed by atoms with Crippen LogP contribution in [0.5, 0.6) is 5.75 Å². The molecule has 1 rings (SSSR count). The van der Waals surface area contributed by atoms with Crippen molar-refractivity contribution in [3.05, 3.63) is 30.3 Å². The molecule has 74 valence electrons. The monoisotopic (exact) mass is 226 g/mol. The van der Waals surface area contributed by atoms with Gasteiger partial charge in [0.2, 0.25) is 0 Å². The van der Waals surface area contributed by atoms with Crippen LogP contribution in [0.15, 0.2) is 30.3 Å². The molecule has 0 aromatic heterocycles. The summed E-state index contributed by atoms with van der Waals surface area (Å²) in [7, 11) is -3.63. The van der Waals surface area contributed by atoms with Crippen molar-refractivity contribution in [1.82, 2.24) is 0 Å². The van der Waals surface area contributed by atoms with Crippen LogP contribution in [-0.2, 0) is 10.1 Å². The predicted molar refractivity (Wildman–Crippen MR) is 49.1 cm³/mol. The minimum absolute atomic E-state index is 0. The number of aliphatic hydroxyl groups is 1. The molecule has 0 saturated carbocycles. The summed E-state index contributed by atoms with van der Waals surface area (Å²) in [5.41, 5.74) is 0. The van der Waals surface area contributed by atoms with E-state index in [0.717, 1.165) is 0 Å². The Morgan fingerprint density at radius 3 is 2.36 bits per heavy atom. The van der Waals surface area contributed by atoms with Gasteiger partial charge in [-0.3, -0.25) is 0 Å². The predicted octanol–water partition coefficient (Wildman–Crippen LogP) is -2.50. The molecular formula is C8H11NaO4S. The average molecular weight is 226 g/mol. The Kier molecular flexibility index (Phi) is 6.39. The minimum atomic E-state index is -3.63. The van der Waals surface area contributed by atoms with E-state index >= 15 is 0 Å². The van der Waals surface area contributed by atoms with E-state index in [-0.39, 0.29) is 42.5 Å². The summed E-state index contributed by atoms with van der Waals surface area (Å²) in [6.45, 7) is -0.435. The second-order valence-electron chi connectivity index (χ2n) is 2.38. The van der Waals surface area contributed by atoms with Crippen molar-refractivity contribution in [1.29, 1.82) is 0 Å². The fourth-order valence-corrected chi connectivity index (χ4v) is 1.49. The van der Waals surface area contributed by atoms with Gasteiger partial charge in [0, 0.05) is 0 Å². The molecule has 6 heteroatoms. The minimum Gasteiger partial charge on any atom is -1.00 e. The van der Waals surface area contributed by atoms with Crippen LogP contribution in [0.2, 0.25) is 0 Å². The van der Waals surface area contributed by atoms with Crippen molar-refractivity contribution >= 4 is 10.1 Å². The first-order valence-corrected chi connectivity index (χ1v) is 5.30. The van der Waals surface area contributed by atoms with Crippen molar-refractivity contribution in [2.24, 2.45) is 0 Å². The standard InChI is InChI=1S/C8H10O4S.Na.H/c9-6-7-13(10,11)12-8-4-2-1-3-5-8;;/h1-5,9H,6-7H2;;/q;+1;-1. The van der Waals surface area contributed by atoms with Crippen LogP contribution in [0.4, 0.5) is 0 Å². The van der Waals surface area contributed by atoms with Crippen LogP contribution >= 0.6 is 0 Å². The molecule has 1 aromatic rings. The molecule has 0 aliphatic heterocycles. The maximum atomic E-state index is 11.0. The summed E-state index contributed by atoms with van der Waals surface area (Å²) >= 11 is 0. The third-order valence-corrected chi connectivity index (χ3v) is 2.44.